The molecule has 1 aromatic heterocycles. The maximum absolute atomic E-state index is 12.4. The summed E-state index contributed by atoms with van der Waals surface area (Å²) >= 11 is 0. The average molecular weight is 325 g/mol. The number of aromatic nitrogens is 1. The predicted molar refractivity (Wildman–Crippen MR) is 85.1 cm³/mol. The van der Waals surface area contributed by atoms with E-state index in [9.17, 15) is 13.2 Å². The number of nitrogens with one attached hydrogen (secondary N) is 1. The molecule has 1 aliphatic rings. The van der Waals surface area contributed by atoms with Gasteiger partial charge in [-0.15, -0.1) is 0 Å². The number of hydrogen-bond donors (Lipinski definition) is 1. The van der Waals surface area contributed by atoms with E-state index in [1.54, 1.807) is 17.3 Å². The first-order valence-corrected chi connectivity index (χ1v) is 9.48. The molecule has 1 aromatic rings. The fourth-order valence-corrected chi connectivity index (χ4v) is 4.31. The smallest absolute Gasteiger partial charge is 0.317 e. The highest BCUT2D eigenvalue weighted by Crippen LogP contribution is 2.18. The summed E-state index contributed by atoms with van der Waals surface area (Å²) in [6.07, 6.45) is 5.76. The van der Waals surface area contributed by atoms with Crippen LogP contribution < -0.4 is 5.32 Å². The Morgan fingerprint density at radius 2 is 2.32 bits per heavy atom. The lowest BCUT2D eigenvalue weighted by Crippen LogP contribution is -2.47. The molecule has 1 aliphatic heterocycles. The zero-order valence-electron chi connectivity index (χ0n) is 12.9. The van der Waals surface area contributed by atoms with E-state index in [4.69, 9.17) is 0 Å². The Labute approximate surface area is 131 Å². The van der Waals surface area contributed by atoms with Crippen molar-refractivity contribution in [2.45, 2.75) is 38.8 Å². The van der Waals surface area contributed by atoms with Crippen LogP contribution in [-0.4, -0.2) is 48.4 Å². The molecule has 6 nitrogen and oxygen atoms in total. The number of sulfone groups is 1. The van der Waals surface area contributed by atoms with Crippen LogP contribution >= 0.6 is 0 Å². The van der Waals surface area contributed by atoms with Crippen LogP contribution in [0.4, 0.5) is 4.79 Å². The topological polar surface area (TPSA) is 79.4 Å². The van der Waals surface area contributed by atoms with Crippen molar-refractivity contribution in [2.75, 3.05) is 18.1 Å². The van der Waals surface area contributed by atoms with E-state index in [-0.39, 0.29) is 23.6 Å². The van der Waals surface area contributed by atoms with Gasteiger partial charge in [-0.05, 0) is 24.5 Å². The van der Waals surface area contributed by atoms with E-state index in [1.807, 2.05) is 12.1 Å². The molecule has 1 fully saturated rings. The number of amides is 2. The molecule has 1 N–H and O–H groups in total. The monoisotopic (exact) mass is 325 g/mol. The van der Waals surface area contributed by atoms with Gasteiger partial charge in [0.15, 0.2) is 9.84 Å². The van der Waals surface area contributed by atoms with Gasteiger partial charge >= 0.3 is 6.03 Å². The Hall–Kier alpha value is -1.63. The van der Waals surface area contributed by atoms with Gasteiger partial charge in [0.2, 0.25) is 0 Å². The summed E-state index contributed by atoms with van der Waals surface area (Å²) in [5, 5.41) is 2.86. The number of urea groups is 1. The van der Waals surface area contributed by atoms with Crippen molar-refractivity contribution in [1.29, 1.82) is 0 Å². The molecule has 0 spiro atoms. The van der Waals surface area contributed by atoms with E-state index in [0.29, 0.717) is 19.5 Å². The molecule has 0 saturated carbocycles. The van der Waals surface area contributed by atoms with Crippen molar-refractivity contribution < 1.29 is 13.2 Å². The van der Waals surface area contributed by atoms with Crippen molar-refractivity contribution in [3.8, 4) is 0 Å². The number of hydrogen-bond acceptors (Lipinski definition) is 4. The summed E-state index contributed by atoms with van der Waals surface area (Å²) in [6.45, 7) is 3.04. The fourth-order valence-electron chi connectivity index (χ4n) is 2.58. The third-order valence-electron chi connectivity index (χ3n) is 3.83. The minimum Gasteiger partial charge on any atom is -0.334 e. The molecular weight excluding hydrogens is 302 g/mol. The van der Waals surface area contributed by atoms with Crippen LogP contribution in [0.5, 0.6) is 0 Å². The average Bonchev–Trinajstić information content (AvgIpc) is 2.86. The molecule has 2 amide bonds. The normalized spacial score (nSPS) is 19.8. The zero-order valence-corrected chi connectivity index (χ0v) is 13.7. The predicted octanol–water partition coefficient (Wildman–Crippen LogP) is 1.58. The maximum Gasteiger partial charge on any atom is 0.317 e. The standard InChI is InChI=1S/C15H23N3O3S/c1-2-3-8-18(14-6-9-22(20,21)12-14)15(19)17-11-13-5-4-7-16-10-13/h4-5,7,10,14H,2-3,6,8-9,11-12H2,1H3,(H,17,19)/t14-/m1/s1. The van der Waals surface area contributed by atoms with Crippen molar-refractivity contribution >= 4 is 15.9 Å². The van der Waals surface area contributed by atoms with Crippen LogP contribution in [0.2, 0.25) is 0 Å². The van der Waals surface area contributed by atoms with E-state index in [1.165, 1.54) is 0 Å². The van der Waals surface area contributed by atoms with Gasteiger partial charge in [0.1, 0.15) is 0 Å². The SMILES string of the molecule is CCCCN(C(=O)NCc1cccnc1)[C@@H]1CCS(=O)(=O)C1. The van der Waals surface area contributed by atoms with Gasteiger partial charge in [-0.1, -0.05) is 19.4 Å². The lowest BCUT2D eigenvalue weighted by molar-refractivity contribution is 0.178. The minimum absolute atomic E-state index is 0.0804. The molecule has 22 heavy (non-hydrogen) atoms. The lowest BCUT2D eigenvalue weighted by atomic mass is 10.2. The van der Waals surface area contributed by atoms with Crippen LogP contribution in [-0.2, 0) is 16.4 Å². The number of pyridine rings is 1. The zero-order chi connectivity index (χ0) is 16.0. The second-order valence-electron chi connectivity index (χ2n) is 5.62. The summed E-state index contributed by atoms with van der Waals surface area (Å²) in [6, 6.07) is 3.31. The third kappa shape index (κ3) is 4.69. The van der Waals surface area contributed by atoms with Gasteiger partial charge in [-0.2, -0.15) is 0 Å². The van der Waals surface area contributed by atoms with Gasteiger partial charge < -0.3 is 10.2 Å². The van der Waals surface area contributed by atoms with Crippen LogP contribution in [0.1, 0.15) is 31.7 Å². The fraction of sp³-hybridized carbons (Fsp3) is 0.600. The summed E-state index contributed by atoms with van der Waals surface area (Å²) in [7, 11) is -3.00. The maximum atomic E-state index is 12.4. The summed E-state index contributed by atoms with van der Waals surface area (Å²) in [5.74, 6) is 0.257. The molecule has 1 saturated heterocycles. The molecule has 122 valence electrons. The first kappa shape index (κ1) is 16.7. The molecule has 1 atom stereocenters. The van der Waals surface area contributed by atoms with Gasteiger partial charge in [0, 0.05) is 31.5 Å². The van der Waals surface area contributed by atoms with E-state index >= 15 is 0 Å². The molecule has 0 aromatic carbocycles. The second-order valence-corrected chi connectivity index (χ2v) is 7.85. The molecule has 0 unspecified atom stereocenters. The van der Waals surface area contributed by atoms with E-state index < -0.39 is 9.84 Å². The number of unbranched alkanes of at least 4 members (excludes halogenated alkanes) is 1. The van der Waals surface area contributed by atoms with Crippen molar-refractivity contribution in [2.24, 2.45) is 0 Å². The van der Waals surface area contributed by atoms with E-state index in [0.717, 1.165) is 18.4 Å². The molecule has 7 heteroatoms. The highest BCUT2D eigenvalue weighted by Gasteiger charge is 2.34. The van der Waals surface area contributed by atoms with Gasteiger partial charge in [0.05, 0.1) is 11.5 Å². The third-order valence-corrected chi connectivity index (χ3v) is 5.58. The highest BCUT2D eigenvalue weighted by molar-refractivity contribution is 7.91. The summed E-state index contributed by atoms with van der Waals surface area (Å²) in [4.78, 5) is 18.1. The van der Waals surface area contributed by atoms with Crippen LogP contribution in [0.25, 0.3) is 0 Å². The van der Waals surface area contributed by atoms with Gasteiger partial charge in [-0.3, -0.25) is 4.98 Å². The molecule has 2 heterocycles. The number of nitrogens with zero attached hydrogens (tertiary/aromatic N) is 2. The first-order chi connectivity index (χ1) is 10.5. The van der Waals surface area contributed by atoms with Crippen LogP contribution in [0.15, 0.2) is 24.5 Å². The molecule has 0 radical (unpaired) electrons. The first-order valence-electron chi connectivity index (χ1n) is 7.65. The molecular formula is C15H23N3O3S. The summed E-state index contributed by atoms with van der Waals surface area (Å²) < 4.78 is 23.3. The minimum atomic E-state index is -3.00. The Morgan fingerprint density at radius 3 is 2.91 bits per heavy atom. The van der Waals surface area contributed by atoms with Gasteiger partial charge in [-0.25, -0.2) is 13.2 Å². The number of carbonyl (C=O) groups is 1. The Bertz CT molecular complexity index is 589. The summed E-state index contributed by atoms with van der Waals surface area (Å²) in [5.41, 5.74) is 0.922. The second kappa shape index (κ2) is 7.58. The molecule has 2 rings (SSSR count). The van der Waals surface area contributed by atoms with Crippen molar-refractivity contribution in [3.63, 3.8) is 0 Å². The quantitative estimate of drug-likeness (QED) is 0.861. The Balaban J connectivity index is 1.97. The Morgan fingerprint density at radius 1 is 1.50 bits per heavy atom. The number of rotatable bonds is 6. The lowest BCUT2D eigenvalue weighted by Gasteiger charge is -2.28. The van der Waals surface area contributed by atoms with Gasteiger partial charge in [0.25, 0.3) is 0 Å². The van der Waals surface area contributed by atoms with Crippen molar-refractivity contribution in [1.82, 2.24) is 15.2 Å². The van der Waals surface area contributed by atoms with Crippen LogP contribution in [0.3, 0.4) is 0 Å². The molecule has 0 bridgehead atoms. The molecule has 0 aliphatic carbocycles. The highest BCUT2D eigenvalue weighted by atomic mass is 32.2. The Kier molecular flexibility index (Phi) is 5.76. The largest absolute Gasteiger partial charge is 0.334 e. The van der Waals surface area contributed by atoms with E-state index in [2.05, 4.69) is 17.2 Å². The van der Waals surface area contributed by atoms with Crippen LogP contribution in [0, 0.1) is 0 Å². The number of carbonyl (C=O) groups excluding carboxylic acids is 1. The van der Waals surface area contributed by atoms with Crippen molar-refractivity contribution in [3.05, 3.63) is 30.1 Å².